The summed E-state index contributed by atoms with van der Waals surface area (Å²) >= 11 is 0. The molecule has 0 aliphatic carbocycles. The average Bonchev–Trinajstić information content (AvgIpc) is 2.27. The molecular formula is C10H11FN2O3. The highest BCUT2D eigenvalue weighted by atomic mass is 19.1. The van der Waals surface area contributed by atoms with E-state index in [-0.39, 0.29) is 12.2 Å². The molecule has 0 saturated heterocycles. The highest BCUT2D eigenvalue weighted by Crippen LogP contribution is 2.04. The normalized spacial score (nSPS) is 9.38. The predicted molar refractivity (Wildman–Crippen MR) is 54.0 cm³/mol. The molecule has 0 fully saturated rings. The van der Waals surface area contributed by atoms with Gasteiger partial charge in [0, 0.05) is 0 Å². The largest absolute Gasteiger partial charge is 0.449 e. The number of hydrazine groups is 1. The van der Waals surface area contributed by atoms with Crippen molar-refractivity contribution in [2.75, 3.05) is 6.61 Å². The van der Waals surface area contributed by atoms with Crippen LogP contribution in [0.2, 0.25) is 0 Å². The molecule has 6 heteroatoms. The lowest BCUT2D eigenvalue weighted by Gasteiger charge is -2.07. The van der Waals surface area contributed by atoms with Crippen LogP contribution in [0.15, 0.2) is 24.3 Å². The molecule has 2 amide bonds. The molecule has 0 unspecified atom stereocenters. The molecule has 16 heavy (non-hydrogen) atoms. The molecule has 0 bridgehead atoms. The van der Waals surface area contributed by atoms with E-state index in [2.05, 4.69) is 4.74 Å². The van der Waals surface area contributed by atoms with Gasteiger partial charge in [0.2, 0.25) is 0 Å². The Morgan fingerprint density at radius 2 is 2.00 bits per heavy atom. The molecule has 2 N–H and O–H groups in total. The number of hydrogen-bond donors (Lipinski definition) is 2. The Morgan fingerprint density at radius 1 is 1.31 bits per heavy atom. The SMILES string of the molecule is CCOC(=O)NNC(=O)c1ccccc1F. The van der Waals surface area contributed by atoms with Crippen LogP contribution in [-0.2, 0) is 4.74 Å². The maximum absolute atomic E-state index is 13.1. The number of benzene rings is 1. The lowest BCUT2D eigenvalue weighted by Crippen LogP contribution is -2.42. The Morgan fingerprint density at radius 3 is 2.62 bits per heavy atom. The molecule has 0 aliphatic heterocycles. The molecule has 1 rings (SSSR count). The third-order valence-electron chi connectivity index (χ3n) is 1.67. The van der Waals surface area contributed by atoms with Gasteiger partial charge in [-0.15, -0.1) is 0 Å². The molecule has 0 atom stereocenters. The van der Waals surface area contributed by atoms with Gasteiger partial charge in [-0.25, -0.2) is 14.6 Å². The second-order valence-electron chi connectivity index (χ2n) is 2.78. The molecule has 86 valence electrons. The summed E-state index contributed by atoms with van der Waals surface area (Å²) in [5.74, 6) is -1.41. The number of nitrogens with one attached hydrogen (secondary N) is 2. The Hall–Kier alpha value is -2.11. The standard InChI is InChI=1S/C10H11FN2O3/c1-2-16-10(15)13-12-9(14)7-5-3-4-6-8(7)11/h3-6H,2H2,1H3,(H,12,14)(H,13,15). The highest BCUT2D eigenvalue weighted by Gasteiger charge is 2.11. The second-order valence-corrected chi connectivity index (χ2v) is 2.78. The van der Waals surface area contributed by atoms with Crippen molar-refractivity contribution in [2.45, 2.75) is 6.92 Å². The van der Waals surface area contributed by atoms with Crippen molar-refractivity contribution in [2.24, 2.45) is 0 Å². The zero-order valence-electron chi connectivity index (χ0n) is 8.62. The minimum Gasteiger partial charge on any atom is -0.449 e. The molecule has 0 saturated carbocycles. The first-order chi connectivity index (χ1) is 7.65. The quantitative estimate of drug-likeness (QED) is 0.745. The summed E-state index contributed by atoms with van der Waals surface area (Å²) < 4.78 is 17.6. The first-order valence-corrected chi connectivity index (χ1v) is 4.62. The zero-order chi connectivity index (χ0) is 12.0. The van der Waals surface area contributed by atoms with Crippen LogP contribution in [0.5, 0.6) is 0 Å². The molecule has 0 heterocycles. The third kappa shape index (κ3) is 3.23. The summed E-state index contributed by atoms with van der Waals surface area (Å²) in [7, 11) is 0. The average molecular weight is 226 g/mol. The topological polar surface area (TPSA) is 67.4 Å². The molecule has 0 aromatic heterocycles. The molecule has 0 radical (unpaired) electrons. The number of carbonyl (C=O) groups is 2. The molecule has 1 aromatic rings. The van der Waals surface area contributed by atoms with Crippen LogP contribution in [0.4, 0.5) is 9.18 Å². The summed E-state index contributed by atoms with van der Waals surface area (Å²) in [6, 6.07) is 5.43. The first kappa shape index (κ1) is 12.0. The molecule has 0 aliphatic rings. The van der Waals surface area contributed by atoms with E-state index in [4.69, 9.17) is 0 Å². The maximum atomic E-state index is 13.1. The van der Waals surface area contributed by atoms with E-state index in [9.17, 15) is 14.0 Å². The van der Waals surface area contributed by atoms with Crippen LogP contribution in [0, 0.1) is 5.82 Å². The fraction of sp³-hybridized carbons (Fsp3) is 0.200. The van der Waals surface area contributed by atoms with Gasteiger partial charge in [-0.3, -0.25) is 10.2 Å². The van der Waals surface area contributed by atoms with Crippen molar-refractivity contribution in [3.05, 3.63) is 35.6 Å². The highest BCUT2D eigenvalue weighted by molar-refractivity contribution is 5.95. The van der Waals surface area contributed by atoms with Crippen LogP contribution in [-0.4, -0.2) is 18.6 Å². The van der Waals surface area contributed by atoms with Crippen molar-refractivity contribution in [3.8, 4) is 0 Å². The summed E-state index contributed by atoms with van der Waals surface area (Å²) in [6.07, 6.45) is -0.799. The smallest absolute Gasteiger partial charge is 0.426 e. The van der Waals surface area contributed by atoms with E-state index in [0.717, 1.165) is 6.07 Å². The van der Waals surface area contributed by atoms with E-state index < -0.39 is 17.8 Å². The lowest BCUT2D eigenvalue weighted by atomic mass is 10.2. The van der Waals surface area contributed by atoms with Crippen LogP contribution in [0.1, 0.15) is 17.3 Å². The molecule has 5 nitrogen and oxygen atoms in total. The van der Waals surface area contributed by atoms with Crippen molar-refractivity contribution >= 4 is 12.0 Å². The molecular weight excluding hydrogens is 215 g/mol. The Balaban J connectivity index is 2.54. The van der Waals surface area contributed by atoms with Gasteiger partial charge in [-0.2, -0.15) is 0 Å². The summed E-state index contributed by atoms with van der Waals surface area (Å²) in [5.41, 5.74) is 3.85. The van der Waals surface area contributed by atoms with Crippen molar-refractivity contribution in [1.82, 2.24) is 10.9 Å². The Bertz CT molecular complexity index is 395. The monoisotopic (exact) mass is 226 g/mol. The fourth-order valence-corrected chi connectivity index (χ4v) is 0.988. The van der Waals surface area contributed by atoms with Crippen LogP contribution >= 0.6 is 0 Å². The first-order valence-electron chi connectivity index (χ1n) is 4.62. The number of carbonyl (C=O) groups excluding carboxylic acids is 2. The van der Waals surface area contributed by atoms with Gasteiger partial charge in [0.1, 0.15) is 5.82 Å². The van der Waals surface area contributed by atoms with Crippen molar-refractivity contribution in [3.63, 3.8) is 0 Å². The van der Waals surface area contributed by atoms with Crippen LogP contribution < -0.4 is 10.9 Å². The summed E-state index contributed by atoms with van der Waals surface area (Å²) in [5, 5.41) is 0. The zero-order valence-corrected chi connectivity index (χ0v) is 8.62. The van der Waals surface area contributed by atoms with Gasteiger partial charge < -0.3 is 4.74 Å². The van der Waals surface area contributed by atoms with Crippen molar-refractivity contribution in [1.29, 1.82) is 0 Å². The molecule has 0 spiro atoms. The van der Waals surface area contributed by atoms with Crippen molar-refractivity contribution < 1.29 is 18.7 Å². The number of ether oxygens (including phenoxy) is 1. The van der Waals surface area contributed by atoms with Gasteiger partial charge in [-0.05, 0) is 19.1 Å². The van der Waals surface area contributed by atoms with Crippen LogP contribution in [0.25, 0.3) is 0 Å². The predicted octanol–water partition coefficient (Wildman–Crippen LogP) is 1.22. The number of rotatable bonds is 2. The number of halogens is 1. The van der Waals surface area contributed by atoms with Gasteiger partial charge in [-0.1, -0.05) is 12.1 Å². The van der Waals surface area contributed by atoms with Gasteiger partial charge in [0.15, 0.2) is 0 Å². The number of hydrogen-bond acceptors (Lipinski definition) is 3. The van der Waals surface area contributed by atoms with Gasteiger partial charge in [0.05, 0.1) is 12.2 Å². The van der Waals surface area contributed by atoms with Crippen LogP contribution in [0.3, 0.4) is 0 Å². The van der Waals surface area contributed by atoms with E-state index >= 15 is 0 Å². The fourth-order valence-electron chi connectivity index (χ4n) is 0.988. The summed E-state index contributed by atoms with van der Waals surface area (Å²) in [6.45, 7) is 1.81. The Labute approximate surface area is 91.6 Å². The minimum atomic E-state index is -0.799. The van der Waals surface area contributed by atoms with E-state index in [1.54, 1.807) is 6.92 Å². The van der Waals surface area contributed by atoms with Gasteiger partial charge >= 0.3 is 6.09 Å². The van der Waals surface area contributed by atoms with E-state index in [1.165, 1.54) is 18.2 Å². The van der Waals surface area contributed by atoms with Gasteiger partial charge in [0.25, 0.3) is 5.91 Å². The van der Waals surface area contributed by atoms with E-state index in [0.29, 0.717) is 0 Å². The number of amides is 2. The maximum Gasteiger partial charge on any atom is 0.426 e. The third-order valence-corrected chi connectivity index (χ3v) is 1.67. The summed E-state index contributed by atoms with van der Waals surface area (Å²) in [4.78, 5) is 22.2. The minimum absolute atomic E-state index is 0.153. The molecule has 1 aromatic carbocycles. The van der Waals surface area contributed by atoms with E-state index in [1.807, 2.05) is 10.9 Å². The second kappa shape index (κ2) is 5.69. The Kier molecular flexibility index (Phi) is 4.26. The lowest BCUT2D eigenvalue weighted by molar-refractivity contribution is 0.0908.